The van der Waals surface area contributed by atoms with Crippen LogP contribution in [0.2, 0.25) is 0 Å². The van der Waals surface area contributed by atoms with Gasteiger partial charge >= 0.3 is 0 Å². The van der Waals surface area contributed by atoms with E-state index >= 15 is 0 Å². The molecule has 0 amide bonds. The molecule has 0 aromatic carbocycles. The smallest absolute Gasteiger partial charge is 0.140 e. The van der Waals surface area contributed by atoms with Gasteiger partial charge < -0.3 is 0 Å². The first-order chi connectivity index (χ1) is 16.3. The van der Waals surface area contributed by atoms with Gasteiger partial charge in [-0.05, 0) is 6.42 Å². The summed E-state index contributed by atoms with van der Waals surface area (Å²) < 4.78 is 21.0. The van der Waals surface area contributed by atoms with Crippen LogP contribution >= 0.6 is 0 Å². The molecule has 33 heavy (non-hydrogen) atoms. The van der Waals surface area contributed by atoms with Crippen molar-refractivity contribution in [2.45, 2.75) is 187 Å². The van der Waals surface area contributed by atoms with Gasteiger partial charge in [-0.25, -0.2) is 8.42 Å². The van der Waals surface area contributed by atoms with E-state index in [-0.39, 0.29) is 0 Å². The van der Waals surface area contributed by atoms with E-state index in [2.05, 4.69) is 6.92 Å². The summed E-state index contributed by atoms with van der Waals surface area (Å²) in [6, 6.07) is 0. The minimum atomic E-state index is -2.15. The van der Waals surface area contributed by atoms with Crippen LogP contribution < -0.4 is 0 Å². The molecule has 0 rings (SSSR count). The Hall–Kier alpha value is -0.0500. The maximum absolute atomic E-state index is 10.5. The van der Waals surface area contributed by atoms with Crippen LogP contribution in [0.3, 0.4) is 0 Å². The Bertz CT molecular complexity index is 412. The minimum Gasteiger partial charge on any atom is -0.232 e. The van der Waals surface area contributed by atoms with Gasteiger partial charge in [0.2, 0.25) is 0 Å². The third-order valence-corrected chi connectivity index (χ3v) is 7.88. The van der Waals surface area contributed by atoms with Crippen LogP contribution in [0.1, 0.15) is 187 Å². The normalized spacial score (nSPS) is 11.6. The van der Waals surface area contributed by atoms with Gasteiger partial charge in [-0.2, -0.15) is 0 Å². The fraction of sp³-hybridized carbons (Fsp3) is 1.00. The molecular weight excluding hydrogens is 424 g/mol. The van der Waals surface area contributed by atoms with Crippen LogP contribution in [0.5, 0.6) is 0 Å². The highest BCUT2D eigenvalue weighted by Crippen LogP contribution is 2.16. The van der Waals surface area contributed by atoms with Crippen molar-refractivity contribution in [3.8, 4) is 0 Å². The van der Waals surface area contributed by atoms with Gasteiger partial charge in [0.05, 0.1) is 0 Å². The maximum Gasteiger partial charge on any atom is 0.140 e. The standard InChI is InChI=1S/C30H62O2S/c1-2-3-4-5-6-7-8-9-10-11-12-13-14-15-16-17-18-19-20-21-22-23-24-25-26-27-28-29-30-33(31)32/h33H,2-30H2,1H3. The zero-order valence-electron chi connectivity index (χ0n) is 22.8. The number of hydrogen-bond donors (Lipinski definition) is 1. The van der Waals surface area contributed by atoms with Gasteiger partial charge in [0.1, 0.15) is 10.7 Å². The first kappa shape index (κ1) is 33.0. The van der Waals surface area contributed by atoms with Crippen molar-refractivity contribution < 1.29 is 8.42 Å². The second-order valence-electron chi connectivity index (χ2n) is 10.6. The van der Waals surface area contributed by atoms with Crippen molar-refractivity contribution in [3.05, 3.63) is 0 Å². The number of thiol groups is 1. The lowest BCUT2D eigenvalue weighted by Gasteiger charge is -2.04. The third kappa shape index (κ3) is 32.0. The summed E-state index contributed by atoms with van der Waals surface area (Å²) in [6.07, 6.45) is 39.1. The zero-order valence-corrected chi connectivity index (χ0v) is 23.7. The molecule has 0 radical (unpaired) electrons. The second kappa shape index (κ2) is 30.0. The summed E-state index contributed by atoms with van der Waals surface area (Å²) in [4.78, 5) is 0. The Morgan fingerprint density at radius 2 is 0.485 bits per heavy atom. The summed E-state index contributed by atoms with van der Waals surface area (Å²) in [5, 5.41) is 0. The molecule has 0 unspecified atom stereocenters. The van der Waals surface area contributed by atoms with Crippen LogP contribution in [-0.4, -0.2) is 14.2 Å². The molecule has 0 aromatic heterocycles. The Labute approximate surface area is 211 Å². The van der Waals surface area contributed by atoms with Gasteiger partial charge in [-0.1, -0.05) is 180 Å². The monoisotopic (exact) mass is 486 g/mol. The van der Waals surface area contributed by atoms with Crippen LogP contribution in [0.15, 0.2) is 0 Å². The molecule has 0 aliphatic heterocycles. The SMILES string of the molecule is CCCCCCCCCCCCCCCCCCCCCCCCCCCCCC[SH](=O)=O. The van der Waals surface area contributed by atoms with E-state index in [1.54, 1.807) is 0 Å². The number of unbranched alkanes of at least 4 members (excludes halogenated alkanes) is 27. The lowest BCUT2D eigenvalue weighted by Crippen LogP contribution is -1.88. The molecule has 200 valence electrons. The van der Waals surface area contributed by atoms with Crippen molar-refractivity contribution in [2.75, 3.05) is 5.75 Å². The minimum absolute atomic E-state index is 0.384. The van der Waals surface area contributed by atoms with Crippen molar-refractivity contribution in [2.24, 2.45) is 0 Å². The Morgan fingerprint density at radius 1 is 0.303 bits per heavy atom. The predicted octanol–water partition coefficient (Wildman–Crippen LogP) is 10.5. The molecule has 0 aliphatic rings. The zero-order chi connectivity index (χ0) is 24.1. The highest BCUT2D eigenvalue weighted by atomic mass is 32.2. The van der Waals surface area contributed by atoms with Crippen molar-refractivity contribution in [1.82, 2.24) is 0 Å². The van der Waals surface area contributed by atoms with E-state index < -0.39 is 10.7 Å². The van der Waals surface area contributed by atoms with E-state index in [1.807, 2.05) is 0 Å². The lowest BCUT2D eigenvalue weighted by atomic mass is 10.0. The van der Waals surface area contributed by atoms with Gasteiger partial charge in [0.25, 0.3) is 0 Å². The molecule has 0 fully saturated rings. The van der Waals surface area contributed by atoms with Crippen molar-refractivity contribution in [3.63, 3.8) is 0 Å². The fourth-order valence-electron chi connectivity index (χ4n) is 4.91. The van der Waals surface area contributed by atoms with Crippen LogP contribution in [0.25, 0.3) is 0 Å². The average Bonchev–Trinajstić information content (AvgIpc) is 2.80. The van der Waals surface area contributed by atoms with Gasteiger partial charge in [-0.15, -0.1) is 0 Å². The van der Waals surface area contributed by atoms with E-state index in [9.17, 15) is 8.42 Å². The molecule has 0 heterocycles. The van der Waals surface area contributed by atoms with Crippen LogP contribution in [0, 0.1) is 0 Å². The van der Waals surface area contributed by atoms with E-state index in [0.717, 1.165) is 12.8 Å². The molecule has 3 heteroatoms. The first-order valence-electron chi connectivity index (χ1n) is 15.4. The largest absolute Gasteiger partial charge is 0.232 e. The fourth-order valence-corrected chi connectivity index (χ4v) is 5.39. The Morgan fingerprint density at radius 3 is 0.667 bits per heavy atom. The summed E-state index contributed by atoms with van der Waals surface area (Å²) >= 11 is 0. The Kier molecular flexibility index (Phi) is 29.9. The Balaban J connectivity index is 3.01. The number of rotatable bonds is 29. The topological polar surface area (TPSA) is 34.1 Å². The highest BCUT2D eigenvalue weighted by molar-refractivity contribution is 7.72. The van der Waals surface area contributed by atoms with Gasteiger partial charge in [0.15, 0.2) is 0 Å². The second-order valence-corrected chi connectivity index (χ2v) is 11.7. The number of hydrogen-bond acceptors (Lipinski definition) is 2. The molecule has 0 aromatic rings. The summed E-state index contributed by atoms with van der Waals surface area (Å²) in [5.41, 5.74) is 0. The quantitative estimate of drug-likeness (QED) is 0.0842. The maximum atomic E-state index is 10.5. The molecule has 0 atom stereocenters. The molecule has 0 bridgehead atoms. The third-order valence-electron chi connectivity index (χ3n) is 7.19. The van der Waals surface area contributed by atoms with E-state index in [1.165, 1.54) is 167 Å². The predicted molar refractivity (Wildman–Crippen MR) is 150 cm³/mol. The van der Waals surface area contributed by atoms with E-state index in [0.29, 0.717) is 5.75 Å². The molecule has 2 nitrogen and oxygen atoms in total. The van der Waals surface area contributed by atoms with Crippen LogP contribution in [0.4, 0.5) is 0 Å². The molecule has 0 aliphatic carbocycles. The molecule has 0 N–H and O–H groups in total. The lowest BCUT2D eigenvalue weighted by molar-refractivity contribution is 0.514. The first-order valence-corrected chi connectivity index (χ1v) is 16.8. The summed E-state index contributed by atoms with van der Waals surface area (Å²) in [5.74, 6) is 0.384. The molecule has 0 saturated heterocycles. The molecule has 0 spiro atoms. The van der Waals surface area contributed by atoms with Crippen molar-refractivity contribution in [1.29, 1.82) is 0 Å². The molecule has 0 saturated carbocycles. The molecular formula is C30H62O2S. The van der Waals surface area contributed by atoms with E-state index in [4.69, 9.17) is 0 Å². The van der Waals surface area contributed by atoms with Gasteiger partial charge in [0, 0.05) is 5.75 Å². The van der Waals surface area contributed by atoms with Crippen molar-refractivity contribution >= 4 is 10.7 Å². The summed E-state index contributed by atoms with van der Waals surface area (Å²) in [7, 11) is -2.15. The van der Waals surface area contributed by atoms with Crippen LogP contribution in [-0.2, 0) is 10.7 Å². The average molecular weight is 487 g/mol. The van der Waals surface area contributed by atoms with Gasteiger partial charge in [-0.3, -0.25) is 0 Å². The highest BCUT2D eigenvalue weighted by Gasteiger charge is 1.97. The summed E-state index contributed by atoms with van der Waals surface area (Å²) in [6.45, 7) is 2.30.